The lowest BCUT2D eigenvalue weighted by Gasteiger charge is -2.23. The summed E-state index contributed by atoms with van der Waals surface area (Å²) in [4.78, 5) is 188. The van der Waals surface area contributed by atoms with Gasteiger partial charge >= 0.3 is 17.9 Å². The lowest BCUT2D eigenvalue weighted by atomic mass is 10.0. The third kappa shape index (κ3) is 41.3. The third-order valence-corrected chi connectivity index (χ3v) is 11.8. The molecule has 34 nitrogen and oxygen atoms in total. The highest BCUT2D eigenvalue weighted by Gasteiger charge is 2.30. The highest BCUT2D eigenvalue weighted by Crippen LogP contribution is 2.13. The van der Waals surface area contributed by atoms with Crippen LogP contribution in [0.4, 0.5) is 0 Å². The number of guanidine groups is 1. The van der Waals surface area contributed by atoms with E-state index in [4.69, 9.17) is 16.6 Å². The quantitative estimate of drug-likeness (QED) is 0.0153. The first-order valence-electron chi connectivity index (χ1n) is 27.5. The van der Waals surface area contributed by atoms with Gasteiger partial charge in [-0.3, -0.25) is 72.1 Å². The van der Waals surface area contributed by atoms with E-state index >= 15 is 0 Å². The number of rotatable bonds is 48. The molecule has 0 aliphatic carbocycles. The minimum Gasteiger partial charge on any atom is -0.481 e. The maximum absolute atomic E-state index is 13.4. The van der Waals surface area contributed by atoms with Crippen molar-refractivity contribution in [3.63, 3.8) is 0 Å². The number of carbonyl (C=O) groups is 15. The number of carbonyl (C=O) groups excluding carboxylic acids is 12. The number of nitrogens with zero attached hydrogens (tertiary/aromatic N) is 1. The molecule has 0 aromatic heterocycles. The molecule has 0 aliphatic heterocycles. The second-order valence-corrected chi connectivity index (χ2v) is 19.0. The van der Waals surface area contributed by atoms with Crippen LogP contribution in [0.25, 0.3) is 0 Å². The van der Waals surface area contributed by atoms with E-state index in [2.05, 4.69) is 65.1 Å². The molecule has 20 N–H and O–H groups in total. The van der Waals surface area contributed by atoms with E-state index < -0.39 is 179 Å². The number of carboxylic acids is 3. The van der Waals surface area contributed by atoms with Gasteiger partial charge in [0.25, 0.3) is 0 Å². The van der Waals surface area contributed by atoms with Gasteiger partial charge < -0.3 is 95.7 Å². The van der Waals surface area contributed by atoms with Gasteiger partial charge in [0.15, 0.2) is 5.96 Å². The zero-order valence-electron chi connectivity index (χ0n) is 47.3. The molecule has 0 spiro atoms. The average molecular weight is 1200 g/mol. The fraction of sp³-hybridized carbons (Fsp3) is 0.680. The number of unbranched alkanes of at least 4 members (excludes halogenated alkanes) is 12. The van der Waals surface area contributed by atoms with Gasteiger partial charge in [-0.05, 0) is 25.7 Å². The molecule has 0 bridgehead atoms. The molecule has 34 heteroatoms. The fourth-order valence-electron chi connectivity index (χ4n) is 7.22. The predicted molar refractivity (Wildman–Crippen MR) is 296 cm³/mol. The molecule has 84 heavy (non-hydrogen) atoms. The molecular formula is C50H85N15O19. The Balaban J connectivity index is 4.86. The van der Waals surface area contributed by atoms with Crippen LogP contribution in [-0.2, 0) is 71.9 Å². The van der Waals surface area contributed by atoms with E-state index in [1.165, 1.54) is 57.8 Å². The monoisotopic (exact) mass is 1200 g/mol. The molecule has 0 aromatic carbocycles. The Bertz CT molecular complexity index is 2230. The minimum atomic E-state index is -1.88. The van der Waals surface area contributed by atoms with Crippen LogP contribution in [0.3, 0.4) is 0 Å². The van der Waals surface area contributed by atoms with Crippen molar-refractivity contribution < 1.29 is 92.3 Å². The molecule has 0 radical (unpaired) electrons. The molecule has 12 amide bonds. The van der Waals surface area contributed by atoms with Crippen molar-refractivity contribution in [2.45, 2.75) is 153 Å². The van der Waals surface area contributed by atoms with Gasteiger partial charge in [-0.2, -0.15) is 0 Å². The summed E-state index contributed by atoms with van der Waals surface area (Å²) in [5, 5.41) is 63.0. The summed E-state index contributed by atoms with van der Waals surface area (Å²) in [6.07, 6.45) is 13.0. The second-order valence-electron chi connectivity index (χ2n) is 19.0. The molecule has 0 rings (SSSR count). The zero-order chi connectivity index (χ0) is 63.2. The summed E-state index contributed by atoms with van der Waals surface area (Å²) in [5.74, 6) is -15.8. The van der Waals surface area contributed by atoms with E-state index in [-0.39, 0.29) is 44.2 Å². The first-order chi connectivity index (χ1) is 39.9. The molecule has 0 saturated heterocycles. The number of aliphatic imine (C=N–C) groups is 1. The summed E-state index contributed by atoms with van der Waals surface area (Å²) in [7, 11) is 0. The summed E-state index contributed by atoms with van der Waals surface area (Å²) in [6.45, 7) is -4.15. The molecule has 0 aromatic rings. The van der Waals surface area contributed by atoms with Gasteiger partial charge in [0.05, 0.1) is 65.4 Å². The number of nitrogens with one attached hydrogen (secondary N) is 12. The number of hydrogen-bond donors (Lipinski definition) is 18. The van der Waals surface area contributed by atoms with Gasteiger partial charge in [-0.1, -0.05) is 84.0 Å². The number of amides is 12. The smallest absolute Gasteiger partial charge is 0.328 e. The lowest BCUT2D eigenvalue weighted by Crippen LogP contribution is -2.56. The summed E-state index contributed by atoms with van der Waals surface area (Å²) >= 11 is 0. The van der Waals surface area contributed by atoms with E-state index in [0.717, 1.165) is 19.3 Å². The second kappa shape index (κ2) is 45.8. The molecule has 0 heterocycles. The van der Waals surface area contributed by atoms with E-state index in [0.29, 0.717) is 6.42 Å². The maximum atomic E-state index is 13.4. The molecular weight excluding hydrogens is 1110 g/mol. The van der Waals surface area contributed by atoms with Crippen molar-refractivity contribution >= 4 is 94.8 Å². The fourth-order valence-corrected chi connectivity index (χ4v) is 7.22. The standard InChI is InChI=1S/C50H85N15O19/c1-2-3-4-5-6-7-8-9-10-11-12-13-14-17-35(67)54-22-36(68)55-23-37(69)56-24-38(70)57-25-39(71)58-26-40(72)59-27-41(73)60-28-42(74)62-32(18-19-44(76)77)47(81)64-31(16-15-20-53-50(51)52)46(80)61-29-43(75)63-33(21-45(78)79)48(82)65-34(30-66)49(83)84/h31-34,66H,2-30H2,1H3,(H,54,67)(H,55,68)(H,56,69)(H,57,70)(H,58,71)(H,59,72)(H,60,73)(H,61,80)(H,62,74)(H,63,75)(H,64,81)(H,65,82)(H,76,77)(H,78,79)(H,83,84)(H4,51,52,53)/t31-,32-,33-,34-/m0/s1. The van der Waals surface area contributed by atoms with E-state index in [1.807, 2.05) is 10.6 Å². The predicted octanol–water partition coefficient (Wildman–Crippen LogP) is -6.19. The SMILES string of the molecule is CCCCCCCCCCCCCCCC(=O)NCC(=O)NCC(=O)NCC(=O)NCC(=O)NCC(=O)NCC(=O)NCC(=O)N[C@@H](CCC(=O)O)C(=O)N[C@@H](CCCN=C(N)N)C(=O)NCC(=O)N[C@@H](CC(=O)O)C(=O)N[C@@H](CO)C(=O)O. The Labute approximate surface area is 484 Å². The number of hydrogen-bond acceptors (Lipinski definition) is 17. The summed E-state index contributed by atoms with van der Waals surface area (Å²) in [6, 6.07) is -6.93. The Morgan fingerprint density at radius 1 is 0.369 bits per heavy atom. The van der Waals surface area contributed by atoms with Crippen molar-refractivity contribution in [2.75, 3.05) is 65.5 Å². The summed E-state index contributed by atoms with van der Waals surface area (Å²) in [5.41, 5.74) is 10.7. The molecule has 474 valence electrons. The van der Waals surface area contributed by atoms with Gasteiger partial charge in [0.1, 0.15) is 24.2 Å². The van der Waals surface area contributed by atoms with Crippen molar-refractivity contribution in [3.05, 3.63) is 0 Å². The first-order valence-corrected chi connectivity index (χ1v) is 27.5. The third-order valence-electron chi connectivity index (χ3n) is 11.8. The van der Waals surface area contributed by atoms with Crippen LogP contribution in [0.5, 0.6) is 0 Å². The largest absolute Gasteiger partial charge is 0.481 e. The van der Waals surface area contributed by atoms with Crippen molar-refractivity contribution in [3.8, 4) is 0 Å². The van der Waals surface area contributed by atoms with Crippen LogP contribution < -0.4 is 75.3 Å². The van der Waals surface area contributed by atoms with Crippen LogP contribution in [0, 0.1) is 0 Å². The molecule has 0 unspecified atom stereocenters. The van der Waals surface area contributed by atoms with Crippen LogP contribution in [0.1, 0.15) is 129 Å². The Morgan fingerprint density at radius 3 is 1.12 bits per heavy atom. The van der Waals surface area contributed by atoms with Crippen molar-refractivity contribution in [1.82, 2.24) is 63.8 Å². The van der Waals surface area contributed by atoms with Crippen LogP contribution in [0.15, 0.2) is 4.99 Å². The van der Waals surface area contributed by atoms with E-state index in [1.54, 1.807) is 0 Å². The van der Waals surface area contributed by atoms with Gasteiger partial charge in [-0.15, -0.1) is 0 Å². The first kappa shape index (κ1) is 75.3. The molecule has 4 atom stereocenters. The number of nitrogens with two attached hydrogens (primary N) is 2. The molecule has 0 saturated carbocycles. The van der Waals surface area contributed by atoms with Gasteiger partial charge in [0.2, 0.25) is 70.9 Å². The van der Waals surface area contributed by atoms with Crippen molar-refractivity contribution in [1.29, 1.82) is 0 Å². The van der Waals surface area contributed by atoms with Gasteiger partial charge in [-0.25, -0.2) is 4.79 Å². The Morgan fingerprint density at radius 2 is 0.726 bits per heavy atom. The minimum absolute atomic E-state index is 0.0107. The number of aliphatic hydroxyl groups is 1. The number of aliphatic carboxylic acids is 3. The van der Waals surface area contributed by atoms with Gasteiger partial charge in [0, 0.05) is 19.4 Å². The average Bonchev–Trinajstić information content (AvgIpc) is 3.58. The van der Waals surface area contributed by atoms with Crippen LogP contribution in [0.2, 0.25) is 0 Å². The number of aliphatic hydroxyl groups excluding tert-OH is 1. The molecule has 0 fully saturated rings. The number of carboxylic acid groups (broad SMARTS) is 3. The highest BCUT2D eigenvalue weighted by molar-refractivity contribution is 5.97. The van der Waals surface area contributed by atoms with E-state index in [9.17, 15) is 87.2 Å². The maximum Gasteiger partial charge on any atom is 0.328 e. The molecule has 0 aliphatic rings. The zero-order valence-corrected chi connectivity index (χ0v) is 47.3. The lowest BCUT2D eigenvalue weighted by molar-refractivity contribution is -0.144. The highest BCUT2D eigenvalue weighted by atomic mass is 16.4. The van der Waals surface area contributed by atoms with Crippen LogP contribution >= 0.6 is 0 Å². The topological polar surface area (TPSA) is 546 Å². The summed E-state index contributed by atoms with van der Waals surface area (Å²) < 4.78 is 0. The van der Waals surface area contributed by atoms with Crippen LogP contribution in [-0.4, -0.2) is 205 Å². The Kier molecular flexibility index (Phi) is 41.1. The Hall–Kier alpha value is -8.72. The van der Waals surface area contributed by atoms with Crippen molar-refractivity contribution in [2.24, 2.45) is 16.5 Å². The normalized spacial score (nSPS) is 11.9.